The number of hydrogen-bond donors (Lipinski definition) is 1. The van der Waals surface area contributed by atoms with Crippen LogP contribution in [0, 0.1) is 0 Å². The fourth-order valence-corrected chi connectivity index (χ4v) is 2.01. The van der Waals surface area contributed by atoms with E-state index in [-0.39, 0.29) is 5.91 Å². The summed E-state index contributed by atoms with van der Waals surface area (Å²) in [5.41, 5.74) is 3.79. The smallest absolute Gasteiger partial charge is 0.267 e. The van der Waals surface area contributed by atoms with Crippen molar-refractivity contribution in [3.63, 3.8) is 0 Å². The summed E-state index contributed by atoms with van der Waals surface area (Å²) in [6.07, 6.45) is 3.56. The molecule has 1 amide bonds. The van der Waals surface area contributed by atoms with E-state index >= 15 is 0 Å². The van der Waals surface area contributed by atoms with Crippen molar-refractivity contribution < 1.29 is 4.79 Å². The summed E-state index contributed by atoms with van der Waals surface area (Å²) in [5, 5.41) is 7.79. The van der Waals surface area contributed by atoms with E-state index in [1.165, 1.54) is 11.5 Å². The molecule has 0 fully saturated rings. The van der Waals surface area contributed by atoms with E-state index in [2.05, 4.69) is 27.0 Å². The number of amides is 1. The lowest BCUT2D eigenvalue weighted by molar-refractivity contribution is 0.0957. The maximum absolute atomic E-state index is 11.8. The number of rotatable bonds is 4. The summed E-state index contributed by atoms with van der Waals surface area (Å²) < 4.78 is 4.61. The molecule has 0 aliphatic heterocycles. The summed E-state index contributed by atoms with van der Waals surface area (Å²) in [6.45, 7) is 2.05. The first-order valence-corrected chi connectivity index (χ1v) is 6.13. The molecule has 0 aliphatic rings. The molecule has 88 valence electrons. The third kappa shape index (κ3) is 2.65. The number of hydrazone groups is 1. The van der Waals surface area contributed by atoms with Crippen LogP contribution >= 0.6 is 11.5 Å². The van der Waals surface area contributed by atoms with Gasteiger partial charge in [0.15, 0.2) is 0 Å². The normalized spacial score (nSPS) is 11.1. The number of carbonyl (C=O) groups excluding carboxylic acids is 1. The van der Waals surface area contributed by atoms with Crippen molar-refractivity contribution >= 4 is 33.9 Å². The monoisotopic (exact) mass is 248 g/mol. The number of hydrogen-bond acceptors (Lipinski definition) is 5. The van der Waals surface area contributed by atoms with Gasteiger partial charge in [-0.25, -0.2) is 5.43 Å². The fourth-order valence-electron chi connectivity index (χ4n) is 1.34. The predicted molar refractivity (Wildman–Crippen MR) is 68.3 cm³/mol. The minimum Gasteiger partial charge on any atom is -0.267 e. The molecule has 5 nitrogen and oxygen atoms in total. The summed E-state index contributed by atoms with van der Waals surface area (Å²) in [6, 6.07) is 5.36. The Kier molecular flexibility index (Phi) is 3.77. The minimum atomic E-state index is -0.228. The second kappa shape index (κ2) is 5.49. The number of nitrogens with one attached hydrogen (secondary N) is 1. The Morgan fingerprint density at radius 2 is 2.47 bits per heavy atom. The van der Waals surface area contributed by atoms with Gasteiger partial charge >= 0.3 is 0 Å². The highest BCUT2D eigenvalue weighted by atomic mass is 32.1. The Morgan fingerprint density at radius 3 is 3.29 bits per heavy atom. The van der Waals surface area contributed by atoms with Gasteiger partial charge in [0.25, 0.3) is 5.91 Å². The van der Waals surface area contributed by atoms with E-state index in [4.69, 9.17) is 0 Å². The number of nitrogens with zero attached hydrogens (tertiary/aromatic N) is 3. The molecular weight excluding hydrogens is 236 g/mol. The Morgan fingerprint density at radius 1 is 1.59 bits per heavy atom. The van der Waals surface area contributed by atoms with Crippen molar-refractivity contribution in [2.75, 3.05) is 0 Å². The maximum Gasteiger partial charge on any atom is 0.272 e. The number of fused-ring (bicyclic) bond motifs is 1. The van der Waals surface area contributed by atoms with Gasteiger partial charge in [0.1, 0.15) is 5.52 Å². The van der Waals surface area contributed by atoms with Gasteiger partial charge in [-0.2, -0.15) is 5.10 Å². The molecule has 1 heterocycles. The molecule has 1 N–H and O–H groups in total. The Hall–Kier alpha value is -1.82. The van der Waals surface area contributed by atoms with Crippen LogP contribution in [-0.4, -0.2) is 21.7 Å². The minimum absolute atomic E-state index is 0.228. The van der Waals surface area contributed by atoms with E-state index in [1.54, 1.807) is 18.3 Å². The molecule has 0 unspecified atom stereocenters. The van der Waals surface area contributed by atoms with E-state index in [0.717, 1.165) is 23.1 Å². The van der Waals surface area contributed by atoms with Gasteiger partial charge in [0.05, 0.1) is 10.3 Å². The number of benzene rings is 1. The van der Waals surface area contributed by atoms with Crippen LogP contribution in [0.4, 0.5) is 0 Å². The summed E-state index contributed by atoms with van der Waals surface area (Å²) >= 11 is 1.21. The first kappa shape index (κ1) is 11.7. The molecule has 0 aliphatic carbocycles. The van der Waals surface area contributed by atoms with Gasteiger partial charge in [-0.3, -0.25) is 4.79 Å². The Labute approximate surface area is 103 Å². The third-order valence-electron chi connectivity index (χ3n) is 2.19. The van der Waals surface area contributed by atoms with Crippen molar-refractivity contribution in [1.29, 1.82) is 0 Å². The molecule has 2 rings (SSSR count). The second-order valence-electron chi connectivity index (χ2n) is 3.47. The van der Waals surface area contributed by atoms with Crippen LogP contribution in [0.1, 0.15) is 30.1 Å². The van der Waals surface area contributed by atoms with Crippen LogP contribution in [0.5, 0.6) is 0 Å². The van der Waals surface area contributed by atoms with Crippen molar-refractivity contribution in [3.8, 4) is 0 Å². The highest BCUT2D eigenvalue weighted by Crippen LogP contribution is 2.19. The lowest BCUT2D eigenvalue weighted by Gasteiger charge is -1.99. The first-order valence-electron chi connectivity index (χ1n) is 5.36. The molecule has 1 aromatic carbocycles. The largest absolute Gasteiger partial charge is 0.272 e. The van der Waals surface area contributed by atoms with Crippen LogP contribution in [0.3, 0.4) is 0 Å². The molecule has 6 heteroatoms. The van der Waals surface area contributed by atoms with Gasteiger partial charge in [0.2, 0.25) is 0 Å². The average Bonchev–Trinajstić information content (AvgIpc) is 2.82. The summed E-state index contributed by atoms with van der Waals surface area (Å²) in [4.78, 5) is 11.8. The maximum atomic E-state index is 11.8. The lowest BCUT2D eigenvalue weighted by atomic mass is 10.2. The molecule has 0 bridgehead atoms. The van der Waals surface area contributed by atoms with Crippen molar-refractivity contribution in [2.24, 2.45) is 5.10 Å². The number of aromatic nitrogens is 2. The first-order chi connectivity index (χ1) is 8.33. The number of carbonyl (C=O) groups is 1. The van der Waals surface area contributed by atoms with E-state index < -0.39 is 0 Å². The van der Waals surface area contributed by atoms with E-state index in [9.17, 15) is 4.79 Å². The highest BCUT2D eigenvalue weighted by molar-refractivity contribution is 7.13. The van der Waals surface area contributed by atoms with Crippen LogP contribution < -0.4 is 5.43 Å². The zero-order chi connectivity index (χ0) is 12.1. The summed E-state index contributed by atoms with van der Waals surface area (Å²) in [5.74, 6) is -0.228. The highest BCUT2D eigenvalue weighted by Gasteiger charge is 2.11. The molecule has 0 atom stereocenters. The average molecular weight is 248 g/mol. The Bertz CT molecular complexity index is 549. The molecule has 0 spiro atoms. The van der Waals surface area contributed by atoms with Crippen molar-refractivity contribution in [3.05, 3.63) is 23.8 Å². The zero-order valence-corrected chi connectivity index (χ0v) is 10.2. The fraction of sp³-hybridized carbons (Fsp3) is 0.273. The lowest BCUT2D eigenvalue weighted by Crippen LogP contribution is -2.17. The van der Waals surface area contributed by atoms with Gasteiger partial charge in [-0.1, -0.05) is 23.9 Å². The molecule has 0 radical (unpaired) electrons. The van der Waals surface area contributed by atoms with Crippen LogP contribution in [0.2, 0.25) is 0 Å². The van der Waals surface area contributed by atoms with Gasteiger partial charge in [0, 0.05) is 6.21 Å². The SMILES string of the molecule is CCCC=NNC(=O)c1cccc2nnsc12. The van der Waals surface area contributed by atoms with Crippen LogP contribution in [0.15, 0.2) is 23.3 Å². The molecule has 17 heavy (non-hydrogen) atoms. The van der Waals surface area contributed by atoms with E-state index in [0.29, 0.717) is 5.56 Å². The van der Waals surface area contributed by atoms with Crippen molar-refractivity contribution in [1.82, 2.24) is 15.0 Å². The molecule has 0 saturated heterocycles. The topological polar surface area (TPSA) is 67.2 Å². The molecule has 1 aromatic heterocycles. The van der Waals surface area contributed by atoms with Gasteiger partial charge in [-0.15, -0.1) is 5.10 Å². The van der Waals surface area contributed by atoms with Crippen LogP contribution in [-0.2, 0) is 0 Å². The molecule has 0 saturated carbocycles. The predicted octanol–water partition coefficient (Wildman–Crippen LogP) is 2.21. The summed E-state index contributed by atoms with van der Waals surface area (Å²) in [7, 11) is 0. The van der Waals surface area contributed by atoms with Crippen LogP contribution in [0.25, 0.3) is 10.2 Å². The molecule has 2 aromatic rings. The van der Waals surface area contributed by atoms with Gasteiger partial charge in [-0.05, 0) is 30.1 Å². The zero-order valence-electron chi connectivity index (χ0n) is 9.38. The standard InChI is InChI=1S/C11H12N4OS/c1-2-3-7-12-14-11(16)8-5-4-6-9-10(8)17-15-13-9/h4-7H,2-3H2,1H3,(H,14,16). The van der Waals surface area contributed by atoms with Crippen molar-refractivity contribution in [2.45, 2.75) is 19.8 Å². The molecular formula is C11H12N4OS. The van der Waals surface area contributed by atoms with E-state index in [1.807, 2.05) is 6.07 Å². The quantitative estimate of drug-likeness (QED) is 0.666. The van der Waals surface area contributed by atoms with Gasteiger partial charge < -0.3 is 0 Å². The number of unbranched alkanes of at least 4 members (excludes halogenated alkanes) is 1. The second-order valence-corrected chi connectivity index (χ2v) is 4.22. The Balaban J connectivity index is 2.16. The third-order valence-corrected chi connectivity index (χ3v) is 2.97.